The molecule has 1 aliphatic heterocycles. The summed E-state index contributed by atoms with van der Waals surface area (Å²) in [4.78, 5) is 12.2. The second kappa shape index (κ2) is 6.46. The van der Waals surface area contributed by atoms with E-state index in [1.807, 2.05) is 24.3 Å². The number of piperidine rings is 1. The van der Waals surface area contributed by atoms with Gasteiger partial charge < -0.3 is 9.64 Å². The summed E-state index contributed by atoms with van der Waals surface area (Å²) in [6.07, 6.45) is 5.64. The lowest BCUT2D eigenvalue weighted by atomic mass is 9.91. The van der Waals surface area contributed by atoms with Crippen LogP contribution in [0, 0.1) is 15.9 Å². The standard InChI is InChI=1S/C16H19FN4O3/c1-19-10-12(9-18-19)11-3-5-20(6-4-11)14-8-16(24-2)15(21(22)23)7-13(14)17/h7-11H,3-6H2,1-2H3. The molecule has 0 N–H and O–H groups in total. The predicted molar refractivity (Wildman–Crippen MR) is 87.0 cm³/mol. The van der Waals surface area contributed by atoms with Crippen LogP contribution in [0.5, 0.6) is 5.75 Å². The minimum Gasteiger partial charge on any atom is -0.490 e. The Hall–Kier alpha value is -2.64. The van der Waals surface area contributed by atoms with Crippen molar-refractivity contribution in [2.24, 2.45) is 7.05 Å². The largest absolute Gasteiger partial charge is 0.490 e. The van der Waals surface area contributed by atoms with E-state index in [1.165, 1.54) is 18.7 Å². The highest BCUT2D eigenvalue weighted by molar-refractivity contribution is 5.60. The number of nitrogens with zero attached hydrogens (tertiary/aromatic N) is 4. The van der Waals surface area contributed by atoms with E-state index in [-0.39, 0.29) is 11.4 Å². The van der Waals surface area contributed by atoms with E-state index in [2.05, 4.69) is 5.10 Å². The Morgan fingerprint density at radius 1 is 1.38 bits per heavy atom. The Morgan fingerprint density at radius 3 is 2.62 bits per heavy atom. The topological polar surface area (TPSA) is 73.4 Å². The number of hydrogen-bond acceptors (Lipinski definition) is 5. The van der Waals surface area contributed by atoms with E-state index in [1.54, 1.807) is 4.68 Å². The van der Waals surface area contributed by atoms with Gasteiger partial charge in [0.05, 0.1) is 30.0 Å². The zero-order valence-electron chi connectivity index (χ0n) is 13.6. The number of rotatable bonds is 4. The summed E-state index contributed by atoms with van der Waals surface area (Å²) in [6.45, 7) is 1.36. The van der Waals surface area contributed by atoms with Crippen LogP contribution in [-0.2, 0) is 7.05 Å². The third kappa shape index (κ3) is 3.04. The zero-order valence-corrected chi connectivity index (χ0v) is 13.6. The van der Waals surface area contributed by atoms with Crippen LogP contribution in [0.3, 0.4) is 0 Å². The first-order valence-corrected chi connectivity index (χ1v) is 7.75. The molecule has 0 atom stereocenters. The van der Waals surface area contributed by atoms with Crippen LogP contribution in [0.25, 0.3) is 0 Å². The molecule has 0 spiro atoms. The maximum absolute atomic E-state index is 14.3. The fourth-order valence-electron chi connectivity index (χ4n) is 3.19. The third-order valence-corrected chi connectivity index (χ3v) is 4.48. The average molecular weight is 334 g/mol. The van der Waals surface area contributed by atoms with Gasteiger partial charge in [-0.3, -0.25) is 14.8 Å². The number of nitro benzene ring substituents is 1. The van der Waals surface area contributed by atoms with Gasteiger partial charge in [-0.25, -0.2) is 4.39 Å². The van der Waals surface area contributed by atoms with Crippen molar-refractivity contribution in [1.82, 2.24) is 9.78 Å². The van der Waals surface area contributed by atoms with Gasteiger partial charge in [0.1, 0.15) is 0 Å². The molecule has 128 valence electrons. The monoisotopic (exact) mass is 334 g/mol. The van der Waals surface area contributed by atoms with Crippen LogP contribution in [0.2, 0.25) is 0 Å². The fraction of sp³-hybridized carbons (Fsp3) is 0.438. The van der Waals surface area contributed by atoms with Crippen molar-refractivity contribution in [2.75, 3.05) is 25.1 Å². The van der Waals surface area contributed by atoms with Gasteiger partial charge in [-0.15, -0.1) is 0 Å². The molecule has 2 aromatic rings. The lowest BCUT2D eigenvalue weighted by molar-refractivity contribution is -0.385. The van der Waals surface area contributed by atoms with Crippen LogP contribution in [0.1, 0.15) is 24.3 Å². The van der Waals surface area contributed by atoms with Crippen LogP contribution >= 0.6 is 0 Å². The van der Waals surface area contributed by atoms with E-state index < -0.39 is 10.7 Å². The van der Waals surface area contributed by atoms with Crippen LogP contribution < -0.4 is 9.64 Å². The Labute approximate surface area is 138 Å². The van der Waals surface area contributed by atoms with Crippen molar-refractivity contribution in [1.29, 1.82) is 0 Å². The third-order valence-electron chi connectivity index (χ3n) is 4.48. The maximum atomic E-state index is 14.3. The number of methoxy groups -OCH3 is 1. The summed E-state index contributed by atoms with van der Waals surface area (Å²) in [5, 5.41) is 15.2. The Bertz CT molecular complexity index is 754. The van der Waals surface area contributed by atoms with E-state index in [9.17, 15) is 14.5 Å². The predicted octanol–water partition coefficient (Wildman–Crippen LogP) is 2.86. The molecule has 0 amide bonds. The maximum Gasteiger partial charge on any atom is 0.313 e. The number of aromatic nitrogens is 2. The van der Waals surface area contributed by atoms with Gasteiger partial charge >= 0.3 is 5.69 Å². The molecule has 1 fully saturated rings. The summed E-state index contributed by atoms with van der Waals surface area (Å²) < 4.78 is 21.1. The minimum absolute atomic E-state index is 0.0748. The van der Waals surface area contributed by atoms with Crippen molar-refractivity contribution >= 4 is 11.4 Å². The first-order valence-electron chi connectivity index (χ1n) is 7.75. The molecular formula is C16H19FN4O3. The summed E-state index contributed by atoms with van der Waals surface area (Å²) in [7, 11) is 3.23. The molecule has 0 unspecified atom stereocenters. The van der Waals surface area contributed by atoms with Crippen molar-refractivity contribution < 1.29 is 14.1 Å². The number of halogens is 1. The first kappa shape index (κ1) is 16.2. The molecule has 3 rings (SSSR count). The minimum atomic E-state index is -0.639. The van der Waals surface area contributed by atoms with Gasteiger partial charge in [0.25, 0.3) is 0 Å². The van der Waals surface area contributed by atoms with E-state index in [4.69, 9.17) is 4.74 Å². The molecule has 1 aromatic heterocycles. The number of benzene rings is 1. The molecule has 1 saturated heterocycles. The number of hydrogen-bond donors (Lipinski definition) is 0. The lowest BCUT2D eigenvalue weighted by Gasteiger charge is -2.33. The molecule has 7 nitrogen and oxygen atoms in total. The van der Waals surface area contributed by atoms with Crippen molar-refractivity contribution in [3.8, 4) is 5.75 Å². The molecule has 2 heterocycles. The molecule has 0 aliphatic carbocycles. The number of nitro groups is 1. The molecule has 0 saturated carbocycles. The SMILES string of the molecule is COc1cc(N2CCC(c3cnn(C)c3)CC2)c(F)cc1[N+](=O)[O-]. The molecule has 1 aromatic carbocycles. The Kier molecular flexibility index (Phi) is 4.37. The molecule has 0 radical (unpaired) electrons. The van der Waals surface area contributed by atoms with E-state index in [0.717, 1.165) is 18.9 Å². The van der Waals surface area contributed by atoms with Gasteiger partial charge in [0, 0.05) is 32.4 Å². The summed E-state index contributed by atoms with van der Waals surface area (Å²) in [5.41, 5.74) is 1.19. The molecule has 24 heavy (non-hydrogen) atoms. The van der Waals surface area contributed by atoms with Gasteiger partial charge in [-0.1, -0.05) is 0 Å². The average Bonchev–Trinajstić information content (AvgIpc) is 3.01. The highest BCUT2D eigenvalue weighted by Gasteiger charge is 2.26. The van der Waals surface area contributed by atoms with Crippen molar-refractivity contribution in [3.63, 3.8) is 0 Å². The summed E-state index contributed by atoms with van der Waals surface area (Å²) in [6, 6.07) is 2.35. The molecular weight excluding hydrogens is 315 g/mol. The van der Waals surface area contributed by atoms with Crippen LogP contribution in [-0.4, -0.2) is 34.9 Å². The Morgan fingerprint density at radius 2 is 2.08 bits per heavy atom. The van der Waals surface area contributed by atoms with Gasteiger partial charge in [-0.2, -0.15) is 5.10 Å². The number of anilines is 1. The normalized spacial score (nSPS) is 15.5. The van der Waals surface area contributed by atoms with Crippen molar-refractivity contribution in [3.05, 3.63) is 46.0 Å². The second-order valence-corrected chi connectivity index (χ2v) is 5.94. The van der Waals surface area contributed by atoms with Crippen LogP contribution in [0.4, 0.5) is 15.8 Å². The Balaban J connectivity index is 1.77. The number of aryl methyl sites for hydroxylation is 1. The molecule has 1 aliphatic rings. The highest BCUT2D eigenvalue weighted by atomic mass is 19.1. The molecule has 0 bridgehead atoms. The van der Waals surface area contributed by atoms with Gasteiger partial charge in [0.2, 0.25) is 0 Å². The molecule has 8 heteroatoms. The highest BCUT2D eigenvalue weighted by Crippen LogP contribution is 2.37. The second-order valence-electron chi connectivity index (χ2n) is 5.94. The van der Waals surface area contributed by atoms with E-state index in [0.29, 0.717) is 24.7 Å². The van der Waals surface area contributed by atoms with E-state index >= 15 is 0 Å². The lowest BCUT2D eigenvalue weighted by Crippen LogP contribution is -2.33. The van der Waals surface area contributed by atoms with Crippen molar-refractivity contribution in [2.45, 2.75) is 18.8 Å². The van der Waals surface area contributed by atoms with Gasteiger partial charge in [0.15, 0.2) is 11.6 Å². The fourth-order valence-corrected chi connectivity index (χ4v) is 3.19. The summed E-state index contributed by atoms with van der Waals surface area (Å²) in [5.74, 6) is -0.119. The quantitative estimate of drug-likeness (QED) is 0.635. The zero-order chi connectivity index (χ0) is 17.3. The smallest absolute Gasteiger partial charge is 0.313 e. The first-order chi connectivity index (χ1) is 11.5. The summed E-state index contributed by atoms with van der Waals surface area (Å²) >= 11 is 0. The van der Waals surface area contributed by atoms with Gasteiger partial charge in [-0.05, 0) is 24.3 Å². The number of ether oxygens (including phenoxy) is 1. The van der Waals surface area contributed by atoms with Crippen LogP contribution in [0.15, 0.2) is 24.5 Å².